The van der Waals surface area contributed by atoms with Crippen molar-refractivity contribution in [1.82, 2.24) is 10.1 Å². The first-order valence-corrected chi connectivity index (χ1v) is 11.8. The maximum absolute atomic E-state index is 9.44. The molecule has 164 valence electrons. The van der Waals surface area contributed by atoms with Gasteiger partial charge in [-0.3, -0.25) is 15.3 Å². The van der Waals surface area contributed by atoms with E-state index in [2.05, 4.69) is 42.7 Å². The Balaban J connectivity index is 1.43. The molecule has 0 aromatic heterocycles. The van der Waals surface area contributed by atoms with Crippen molar-refractivity contribution in [3.63, 3.8) is 0 Å². The number of hydrogen-bond acceptors (Lipinski definition) is 6. The normalized spacial score (nSPS) is 41.7. The molecule has 2 heterocycles. The average Bonchev–Trinajstić information content (AvgIpc) is 3.17. The number of aryl methyl sites for hydroxylation is 3. The minimum atomic E-state index is -0.152. The van der Waals surface area contributed by atoms with Gasteiger partial charge < -0.3 is 9.64 Å². The Bertz CT molecular complexity index is 821. The maximum Gasteiger partial charge on any atom is 0.149 e. The number of nitrogens with zero attached hydrogens (tertiary/aromatic N) is 3. The van der Waals surface area contributed by atoms with Crippen molar-refractivity contribution in [2.24, 2.45) is 23.7 Å². The van der Waals surface area contributed by atoms with Crippen molar-refractivity contribution in [2.45, 2.75) is 70.7 Å². The molecule has 5 unspecified atom stereocenters. The van der Waals surface area contributed by atoms with Gasteiger partial charge in [-0.1, -0.05) is 17.7 Å². The summed E-state index contributed by atoms with van der Waals surface area (Å²) in [5.41, 5.74) is 5.57. The van der Waals surface area contributed by atoms with E-state index in [9.17, 15) is 10.4 Å². The lowest BCUT2D eigenvalue weighted by Crippen LogP contribution is -2.62. The molecule has 6 heteroatoms. The second kappa shape index (κ2) is 6.66. The second-order valence-corrected chi connectivity index (χ2v) is 10.9. The van der Waals surface area contributed by atoms with Crippen LogP contribution in [-0.2, 0) is 4.74 Å². The number of rotatable bonds is 4. The molecule has 7 rings (SSSR count). The second-order valence-electron chi connectivity index (χ2n) is 10.9. The molecule has 0 amide bonds. The third-order valence-corrected chi connectivity index (χ3v) is 9.10. The number of benzene rings is 1. The molecule has 6 aliphatic rings. The molecule has 2 N–H and O–H groups in total. The lowest BCUT2D eigenvalue weighted by Gasteiger charge is -2.61. The van der Waals surface area contributed by atoms with E-state index in [0.29, 0.717) is 5.92 Å². The minimum Gasteiger partial charge on any atom is -0.354 e. The fourth-order valence-corrected chi connectivity index (χ4v) is 8.92. The van der Waals surface area contributed by atoms with Crippen LogP contribution in [0, 0.1) is 44.4 Å². The lowest BCUT2D eigenvalue weighted by atomic mass is 9.48. The van der Waals surface area contributed by atoms with Crippen LogP contribution in [-0.4, -0.2) is 58.2 Å². The van der Waals surface area contributed by atoms with E-state index < -0.39 is 0 Å². The van der Waals surface area contributed by atoms with Crippen molar-refractivity contribution in [3.05, 3.63) is 28.8 Å². The van der Waals surface area contributed by atoms with Crippen molar-refractivity contribution >= 4 is 5.69 Å². The first-order valence-electron chi connectivity index (χ1n) is 11.8. The predicted octanol–water partition coefficient (Wildman–Crippen LogP) is 3.69. The summed E-state index contributed by atoms with van der Waals surface area (Å²) in [5.74, 6) is 2.98. The third-order valence-electron chi connectivity index (χ3n) is 9.10. The number of hydroxylamine groups is 2. The zero-order chi connectivity index (χ0) is 20.8. The molecule has 0 radical (unpaired) electrons. The smallest absolute Gasteiger partial charge is 0.149 e. The van der Waals surface area contributed by atoms with Crippen LogP contribution in [0.5, 0.6) is 0 Å². The Morgan fingerprint density at radius 2 is 1.70 bits per heavy atom. The zero-order valence-corrected chi connectivity index (χ0v) is 18.4. The van der Waals surface area contributed by atoms with E-state index in [1.807, 2.05) is 0 Å². The van der Waals surface area contributed by atoms with Crippen LogP contribution in [0.15, 0.2) is 12.1 Å². The molecule has 2 aliphatic heterocycles. The van der Waals surface area contributed by atoms with Gasteiger partial charge in [-0.25, -0.2) is 0 Å². The van der Waals surface area contributed by atoms with Gasteiger partial charge in [0.05, 0.1) is 6.10 Å². The van der Waals surface area contributed by atoms with E-state index in [1.165, 1.54) is 54.5 Å². The summed E-state index contributed by atoms with van der Waals surface area (Å²) >= 11 is 0. The van der Waals surface area contributed by atoms with Crippen LogP contribution < -0.4 is 4.90 Å². The standard InChI is InChI=1S/C24H35N3O3/c1-14-6-15(2)21(16(3)7-14)25-4-5-26-23(25)22(30-13-27(28)29)20-19-9-17-8-18(10-19)12-24(20,26)11-17/h6-7,17-20,22-23,28-29H,4-5,8-13H2,1-3H3. The quantitative estimate of drug-likeness (QED) is 0.580. The molecular formula is C24H35N3O3. The van der Waals surface area contributed by atoms with Crippen LogP contribution in [0.4, 0.5) is 5.69 Å². The molecule has 30 heavy (non-hydrogen) atoms. The van der Waals surface area contributed by atoms with E-state index in [1.54, 1.807) is 0 Å². The van der Waals surface area contributed by atoms with Crippen molar-refractivity contribution in [2.75, 3.05) is 24.7 Å². The van der Waals surface area contributed by atoms with Crippen LogP contribution in [0.25, 0.3) is 0 Å². The number of fused-ring (bicyclic) bond motifs is 1. The van der Waals surface area contributed by atoms with E-state index in [4.69, 9.17) is 4.74 Å². The lowest BCUT2D eigenvalue weighted by molar-refractivity contribution is -0.349. The summed E-state index contributed by atoms with van der Waals surface area (Å²) in [6, 6.07) is 4.58. The first-order chi connectivity index (χ1) is 14.4. The SMILES string of the molecule is Cc1cc(C)c(N2CCN3C2C(OCN(O)O)C2C4CC5CC(C4)CC23C5)c(C)c1. The largest absolute Gasteiger partial charge is 0.354 e. The Morgan fingerprint density at radius 1 is 1.03 bits per heavy atom. The van der Waals surface area contributed by atoms with E-state index in [0.717, 1.165) is 30.8 Å². The average molecular weight is 414 g/mol. The number of hydrogen-bond donors (Lipinski definition) is 2. The summed E-state index contributed by atoms with van der Waals surface area (Å²) in [7, 11) is 0. The molecule has 1 aromatic rings. The Morgan fingerprint density at radius 3 is 2.33 bits per heavy atom. The molecule has 1 spiro atoms. The van der Waals surface area contributed by atoms with Crippen LogP contribution in [0.3, 0.4) is 0 Å². The summed E-state index contributed by atoms with van der Waals surface area (Å²) in [6.45, 7) is 8.58. The monoisotopic (exact) mass is 413 g/mol. The minimum absolute atomic E-state index is 0.0133. The fraction of sp³-hybridized carbons (Fsp3) is 0.750. The van der Waals surface area contributed by atoms with Gasteiger partial charge in [0, 0.05) is 30.2 Å². The third kappa shape index (κ3) is 2.61. The van der Waals surface area contributed by atoms with Crippen molar-refractivity contribution in [3.8, 4) is 0 Å². The summed E-state index contributed by atoms with van der Waals surface area (Å²) in [4.78, 5) is 5.38. The molecule has 4 bridgehead atoms. The molecule has 4 saturated carbocycles. The summed E-state index contributed by atoms with van der Waals surface area (Å²) < 4.78 is 6.33. The topological polar surface area (TPSA) is 59.4 Å². The summed E-state index contributed by atoms with van der Waals surface area (Å²) in [6.07, 6.45) is 6.93. The molecule has 5 atom stereocenters. The Hall–Kier alpha value is -1.18. The first kappa shape index (κ1) is 19.5. The molecule has 6 fully saturated rings. The van der Waals surface area contributed by atoms with Crippen LogP contribution in [0.1, 0.15) is 48.8 Å². The van der Waals surface area contributed by atoms with Crippen LogP contribution >= 0.6 is 0 Å². The predicted molar refractivity (Wildman–Crippen MR) is 113 cm³/mol. The Labute approximate surface area is 179 Å². The van der Waals surface area contributed by atoms with Crippen molar-refractivity contribution in [1.29, 1.82) is 0 Å². The highest BCUT2D eigenvalue weighted by Gasteiger charge is 2.70. The highest BCUT2D eigenvalue weighted by molar-refractivity contribution is 5.62. The molecular weight excluding hydrogens is 378 g/mol. The zero-order valence-electron chi connectivity index (χ0n) is 18.4. The number of anilines is 1. The molecule has 2 saturated heterocycles. The van der Waals surface area contributed by atoms with Gasteiger partial charge in [-0.05, 0) is 87.0 Å². The van der Waals surface area contributed by atoms with Gasteiger partial charge in [0.25, 0.3) is 0 Å². The van der Waals surface area contributed by atoms with E-state index >= 15 is 0 Å². The fourth-order valence-electron chi connectivity index (χ4n) is 8.92. The van der Waals surface area contributed by atoms with Gasteiger partial charge >= 0.3 is 0 Å². The van der Waals surface area contributed by atoms with E-state index in [-0.39, 0.29) is 29.8 Å². The van der Waals surface area contributed by atoms with Gasteiger partial charge in [-0.2, -0.15) is 0 Å². The van der Waals surface area contributed by atoms with Crippen molar-refractivity contribution < 1.29 is 15.2 Å². The highest BCUT2D eigenvalue weighted by Crippen LogP contribution is 2.66. The molecule has 1 aromatic carbocycles. The van der Waals surface area contributed by atoms with Gasteiger partial charge in [0.1, 0.15) is 12.9 Å². The van der Waals surface area contributed by atoms with Gasteiger partial charge in [0.2, 0.25) is 0 Å². The number of ether oxygens (including phenoxy) is 1. The highest BCUT2D eigenvalue weighted by atomic mass is 16.8. The molecule has 6 nitrogen and oxygen atoms in total. The van der Waals surface area contributed by atoms with Crippen LogP contribution in [0.2, 0.25) is 0 Å². The maximum atomic E-state index is 9.44. The van der Waals surface area contributed by atoms with Gasteiger partial charge in [0.15, 0.2) is 0 Å². The summed E-state index contributed by atoms with van der Waals surface area (Å²) in [5, 5.41) is 19.1. The Kier molecular flexibility index (Phi) is 4.33. The molecule has 4 aliphatic carbocycles. The van der Waals surface area contributed by atoms with Gasteiger partial charge in [-0.15, -0.1) is 0 Å².